The van der Waals surface area contributed by atoms with Crippen LogP contribution in [0.3, 0.4) is 0 Å². The monoisotopic (exact) mass is 746 g/mol. The van der Waals surface area contributed by atoms with Gasteiger partial charge < -0.3 is 18.3 Å². The van der Waals surface area contributed by atoms with E-state index in [2.05, 4.69) is 206 Å². The highest BCUT2D eigenvalue weighted by Gasteiger charge is 2.41. The third-order valence-corrected chi connectivity index (χ3v) is 13.7. The van der Waals surface area contributed by atoms with Crippen molar-refractivity contribution in [3.63, 3.8) is 0 Å². The average Bonchev–Trinajstić information content (AvgIpc) is 4.03. The highest BCUT2D eigenvalue weighted by Crippen LogP contribution is 2.46. The third kappa shape index (κ3) is 3.52. The maximum atomic E-state index is 2.59. The molecule has 0 bridgehead atoms. The molecule has 13 aromatic rings. The molecule has 9 aromatic carbocycles. The Bertz CT molecular complexity index is 3750. The molecule has 4 nitrogen and oxygen atoms in total. The van der Waals surface area contributed by atoms with E-state index in [1.807, 2.05) is 0 Å². The normalized spacial score (nSPS) is 13.1. The lowest BCUT2D eigenvalue weighted by atomic mass is 9.34. The van der Waals surface area contributed by atoms with Crippen molar-refractivity contribution >= 4 is 110 Å². The second kappa shape index (κ2) is 10.6. The number of benzene rings is 9. The van der Waals surface area contributed by atoms with E-state index in [1.54, 1.807) is 0 Å². The molecule has 270 valence electrons. The van der Waals surface area contributed by atoms with Crippen molar-refractivity contribution in [1.82, 2.24) is 18.3 Å². The standard InChI is InChI=1S/C54H31BN4/c1-3-14-32(15-4-1)56-40-24-9-7-18-34(40)48-42(56)28-30-44-50(48)36-20-11-22-38-53(36)58(44)46-26-13-27-47-52(46)55(38)39-23-12-21-37-51-45(59(47)54(37)39)31-29-43-49(51)35-19-8-10-25-41(35)57(43)33-16-5-2-6-17-33/h1-31H. The highest BCUT2D eigenvalue weighted by molar-refractivity contribution is 7.00. The van der Waals surface area contributed by atoms with Crippen LogP contribution in [0.4, 0.5) is 0 Å². The average molecular weight is 747 g/mol. The van der Waals surface area contributed by atoms with Gasteiger partial charge in [-0.15, -0.1) is 0 Å². The Morgan fingerprint density at radius 2 is 0.644 bits per heavy atom. The number of hydrogen-bond acceptors (Lipinski definition) is 0. The summed E-state index contributed by atoms with van der Waals surface area (Å²) < 4.78 is 10.1. The minimum Gasteiger partial charge on any atom is -0.310 e. The number of aromatic nitrogens is 4. The first-order valence-corrected chi connectivity index (χ1v) is 20.6. The predicted molar refractivity (Wildman–Crippen MR) is 248 cm³/mol. The molecule has 0 amide bonds. The van der Waals surface area contributed by atoms with Crippen LogP contribution in [0.2, 0.25) is 0 Å². The Balaban J connectivity index is 1.08. The minimum atomic E-state index is 0.0875. The smallest absolute Gasteiger partial charge is 0.252 e. The Kier molecular flexibility index (Phi) is 5.46. The van der Waals surface area contributed by atoms with Gasteiger partial charge in [0.25, 0.3) is 6.71 Å². The van der Waals surface area contributed by atoms with Gasteiger partial charge in [-0.1, -0.05) is 115 Å². The summed E-state index contributed by atoms with van der Waals surface area (Å²) in [6.45, 7) is 0.0875. The van der Waals surface area contributed by atoms with Crippen LogP contribution < -0.4 is 16.4 Å². The van der Waals surface area contributed by atoms with Crippen molar-refractivity contribution in [3.8, 4) is 22.7 Å². The summed E-state index contributed by atoms with van der Waals surface area (Å²) in [5, 5.41) is 10.4. The van der Waals surface area contributed by atoms with Gasteiger partial charge in [-0.3, -0.25) is 0 Å². The van der Waals surface area contributed by atoms with Gasteiger partial charge in [0.15, 0.2) is 0 Å². The lowest BCUT2D eigenvalue weighted by Crippen LogP contribution is -2.59. The first-order valence-electron chi connectivity index (χ1n) is 20.6. The fraction of sp³-hybridized carbons (Fsp3) is 0. The molecule has 0 aliphatic carbocycles. The Labute approximate surface area is 338 Å². The first kappa shape index (κ1) is 30.4. The van der Waals surface area contributed by atoms with Crippen molar-refractivity contribution in [2.75, 3.05) is 0 Å². The molecule has 0 fully saturated rings. The van der Waals surface area contributed by atoms with Crippen LogP contribution in [0, 0.1) is 0 Å². The van der Waals surface area contributed by atoms with E-state index in [-0.39, 0.29) is 6.71 Å². The molecular formula is C54H31BN4. The number of nitrogens with zero attached hydrogens (tertiary/aromatic N) is 4. The maximum absolute atomic E-state index is 2.59. The minimum absolute atomic E-state index is 0.0875. The molecule has 0 saturated heterocycles. The van der Waals surface area contributed by atoms with E-state index >= 15 is 0 Å². The molecule has 59 heavy (non-hydrogen) atoms. The molecule has 5 heteroatoms. The topological polar surface area (TPSA) is 19.7 Å². The van der Waals surface area contributed by atoms with E-state index in [4.69, 9.17) is 0 Å². The summed E-state index contributed by atoms with van der Waals surface area (Å²) in [6, 6.07) is 70.0. The molecule has 0 spiro atoms. The van der Waals surface area contributed by atoms with Crippen molar-refractivity contribution < 1.29 is 0 Å². The maximum Gasteiger partial charge on any atom is 0.252 e. The van der Waals surface area contributed by atoms with E-state index < -0.39 is 0 Å². The zero-order valence-corrected chi connectivity index (χ0v) is 31.8. The lowest BCUT2D eigenvalue weighted by Gasteiger charge is -2.33. The summed E-state index contributed by atoms with van der Waals surface area (Å²) >= 11 is 0. The molecular weight excluding hydrogens is 715 g/mol. The van der Waals surface area contributed by atoms with E-state index in [1.165, 1.54) is 126 Å². The molecule has 0 N–H and O–H groups in total. The summed E-state index contributed by atoms with van der Waals surface area (Å²) in [5.74, 6) is 0. The number of fused-ring (bicyclic) bond motifs is 18. The van der Waals surface area contributed by atoms with Crippen LogP contribution in [0.5, 0.6) is 0 Å². The number of rotatable bonds is 2. The van der Waals surface area contributed by atoms with Gasteiger partial charge in [0.2, 0.25) is 0 Å². The predicted octanol–water partition coefficient (Wildman–Crippen LogP) is 11.2. The number of para-hydroxylation sites is 6. The molecule has 0 atom stereocenters. The van der Waals surface area contributed by atoms with Crippen LogP contribution in [0.15, 0.2) is 188 Å². The van der Waals surface area contributed by atoms with Gasteiger partial charge in [0.05, 0.1) is 33.1 Å². The fourth-order valence-corrected chi connectivity index (χ4v) is 11.7. The Morgan fingerprint density at radius 1 is 0.271 bits per heavy atom. The lowest BCUT2D eigenvalue weighted by molar-refractivity contribution is 1.14. The van der Waals surface area contributed by atoms with E-state index in [0.717, 1.165) is 0 Å². The van der Waals surface area contributed by atoms with Crippen LogP contribution >= 0.6 is 0 Å². The summed E-state index contributed by atoms with van der Waals surface area (Å²) in [7, 11) is 0. The molecule has 0 saturated carbocycles. The van der Waals surface area contributed by atoms with Crippen molar-refractivity contribution in [2.45, 2.75) is 0 Å². The van der Waals surface area contributed by atoms with Gasteiger partial charge in [0, 0.05) is 76.9 Å². The Hall–Kier alpha value is -7.76. The van der Waals surface area contributed by atoms with Crippen LogP contribution in [0.1, 0.15) is 0 Å². The van der Waals surface area contributed by atoms with Crippen LogP contribution in [0.25, 0.3) is 110 Å². The van der Waals surface area contributed by atoms with Gasteiger partial charge in [-0.25, -0.2) is 0 Å². The van der Waals surface area contributed by atoms with Gasteiger partial charge in [-0.05, 0) is 89.2 Å². The summed E-state index contributed by atoms with van der Waals surface area (Å²) in [4.78, 5) is 0. The molecule has 4 aromatic heterocycles. The molecule has 15 rings (SSSR count). The zero-order chi connectivity index (χ0) is 38.1. The van der Waals surface area contributed by atoms with Gasteiger partial charge >= 0.3 is 0 Å². The number of hydrogen-bond donors (Lipinski definition) is 0. The summed E-state index contributed by atoms with van der Waals surface area (Å²) in [6.07, 6.45) is 0. The van der Waals surface area contributed by atoms with Crippen molar-refractivity contribution in [1.29, 1.82) is 0 Å². The van der Waals surface area contributed by atoms with Crippen LogP contribution in [-0.4, -0.2) is 25.0 Å². The van der Waals surface area contributed by atoms with Crippen LogP contribution in [-0.2, 0) is 0 Å². The van der Waals surface area contributed by atoms with E-state index in [9.17, 15) is 0 Å². The second-order valence-electron chi connectivity index (χ2n) is 16.4. The SMILES string of the molecule is c1ccc(-n2c3ccccc3c3c4c5cccc6c5n(c4ccc32)-c2cccc3c2B6c2cccc4c5c6c7ccccc7n(-c7ccccc7)c6ccc5n-3c24)cc1. The molecule has 0 unspecified atom stereocenters. The zero-order valence-electron chi connectivity index (χ0n) is 31.8. The quantitative estimate of drug-likeness (QED) is 0.157. The fourth-order valence-electron chi connectivity index (χ4n) is 11.7. The van der Waals surface area contributed by atoms with E-state index in [0.29, 0.717) is 0 Å². The van der Waals surface area contributed by atoms with Gasteiger partial charge in [-0.2, -0.15) is 0 Å². The second-order valence-corrected chi connectivity index (χ2v) is 16.4. The largest absolute Gasteiger partial charge is 0.310 e. The first-order chi connectivity index (χ1) is 29.3. The molecule has 0 radical (unpaired) electrons. The van der Waals surface area contributed by atoms with Gasteiger partial charge in [0.1, 0.15) is 0 Å². The Morgan fingerprint density at radius 3 is 1.12 bits per heavy atom. The summed E-state index contributed by atoms with van der Waals surface area (Å²) in [5.41, 5.74) is 19.1. The molecule has 6 heterocycles. The highest BCUT2D eigenvalue weighted by atomic mass is 15.0. The molecule has 2 aliphatic heterocycles. The molecule has 2 aliphatic rings. The van der Waals surface area contributed by atoms with Crippen molar-refractivity contribution in [2.24, 2.45) is 0 Å². The van der Waals surface area contributed by atoms with Crippen molar-refractivity contribution in [3.05, 3.63) is 188 Å². The third-order valence-electron chi connectivity index (χ3n) is 13.7.